The number of hydrogen-bond acceptors (Lipinski definition) is 5. The minimum atomic E-state index is -0.722. The molecule has 1 saturated carbocycles. The van der Waals surface area contributed by atoms with Crippen molar-refractivity contribution in [3.8, 4) is 0 Å². The van der Waals surface area contributed by atoms with Crippen LogP contribution in [-0.4, -0.2) is 53.2 Å². The molecule has 1 aromatic heterocycles. The molecule has 0 atom stereocenters. The van der Waals surface area contributed by atoms with Crippen LogP contribution in [0.2, 0.25) is 0 Å². The maximum Gasteiger partial charge on any atom is 0.332 e. The number of carboxylic acids is 1. The number of likely N-dealkylation sites (tertiary alicyclic amines) is 1. The van der Waals surface area contributed by atoms with Crippen LogP contribution in [0.3, 0.4) is 0 Å². The molecule has 2 saturated heterocycles. The Labute approximate surface area is 181 Å². The van der Waals surface area contributed by atoms with Crippen molar-refractivity contribution in [2.75, 3.05) is 36.0 Å². The van der Waals surface area contributed by atoms with Gasteiger partial charge in [0, 0.05) is 37.8 Å². The minimum Gasteiger partial charge on any atom is -0.481 e. The Balaban J connectivity index is 1.20. The summed E-state index contributed by atoms with van der Waals surface area (Å²) in [6.07, 6.45) is 7.77. The molecular formula is C23H28N4O4. The summed E-state index contributed by atoms with van der Waals surface area (Å²) >= 11 is 0. The molecular weight excluding hydrogens is 396 g/mol. The summed E-state index contributed by atoms with van der Waals surface area (Å²) < 4.78 is 5.68. The molecule has 1 aliphatic carbocycles. The van der Waals surface area contributed by atoms with Crippen LogP contribution in [0, 0.1) is 5.92 Å². The van der Waals surface area contributed by atoms with Crippen molar-refractivity contribution in [2.45, 2.75) is 44.6 Å². The van der Waals surface area contributed by atoms with Crippen LogP contribution in [0.1, 0.15) is 49.3 Å². The van der Waals surface area contributed by atoms with Crippen LogP contribution < -0.4 is 9.80 Å². The molecule has 8 nitrogen and oxygen atoms in total. The average molecular weight is 425 g/mol. The molecule has 0 bridgehead atoms. The second-order valence-corrected chi connectivity index (χ2v) is 8.87. The minimum absolute atomic E-state index is 0.114. The zero-order valence-electron chi connectivity index (χ0n) is 17.6. The van der Waals surface area contributed by atoms with E-state index in [-0.39, 0.29) is 11.9 Å². The van der Waals surface area contributed by atoms with E-state index in [9.17, 15) is 9.59 Å². The number of hydrogen-bond donors (Lipinski definition) is 1. The molecule has 31 heavy (non-hydrogen) atoms. The molecule has 5 rings (SSSR count). The van der Waals surface area contributed by atoms with Crippen molar-refractivity contribution in [3.05, 3.63) is 41.8 Å². The number of carbonyl (C=O) groups is 2. The fourth-order valence-corrected chi connectivity index (χ4v) is 4.83. The van der Waals surface area contributed by atoms with Crippen molar-refractivity contribution in [2.24, 2.45) is 5.92 Å². The van der Waals surface area contributed by atoms with E-state index in [1.165, 1.54) is 19.3 Å². The second-order valence-electron chi connectivity index (χ2n) is 8.87. The summed E-state index contributed by atoms with van der Waals surface area (Å²) in [7, 11) is 0. The Morgan fingerprint density at radius 3 is 2.48 bits per heavy atom. The summed E-state index contributed by atoms with van der Waals surface area (Å²) in [4.78, 5) is 34.1. The van der Waals surface area contributed by atoms with Gasteiger partial charge in [-0.15, -0.1) is 0 Å². The van der Waals surface area contributed by atoms with Crippen molar-refractivity contribution in [3.63, 3.8) is 0 Å². The Kier molecular flexibility index (Phi) is 5.40. The molecule has 3 heterocycles. The van der Waals surface area contributed by atoms with Gasteiger partial charge in [0.15, 0.2) is 0 Å². The molecule has 3 aliphatic rings. The second kappa shape index (κ2) is 8.34. The van der Waals surface area contributed by atoms with Gasteiger partial charge in [-0.3, -0.25) is 14.6 Å². The molecule has 164 valence electrons. The van der Waals surface area contributed by atoms with Crippen LogP contribution >= 0.6 is 0 Å². The number of carboxylic acid groups (broad SMARTS) is 1. The van der Waals surface area contributed by atoms with Gasteiger partial charge < -0.3 is 9.52 Å². The summed E-state index contributed by atoms with van der Waals surface area (Å²) in [5.41, 5.74) is 2.93. The molecule has 8 heteroatoms. The molecule has 1 aromatic carbocycles. The number of benzene rings is 1. The van der Waals surface area contributed by atoms with Crippen LogP contribution in [0.25, 0.3) is 0 Å². The third-order valence-corrected chi connectivity index (χ3v) is 6.73. The fraction of sp³-hybridized carbons (Fsp3) is 0.522. The highest BCUT2D eigenvalue weighted by Crippen LogP contribution is 2.34. The van der Waals surface area contributed by atoms with E-state index < -0.39 is 5.97 Å². The largest absolute Gasteiger partial charge is 0.481 e. The van der Waals surface area contributed by atoms with Crippen LogP contribution in [0.5, 0.6) is 0 Å². The third-order valence-electron chi connectivity index (χ3n) is 6.73. The Bertz CT molecular complexity index is 945. The maximum atomic E-state index is 13.0. The molecule has 2 amide bonds. The normalized spacial score (nSPS) is 21.0. The molecule has 1 N–H and O–H groups in total. The molecule has 2 aliphatic heterocycles. The molecule has 0 unspecified atom stereocenters. The summed E-state index contributed by atoms with van der Waals surface area (Å²) in [5, 5.41) is 8.99. The summed E-state index contributed by atoms with van der Waals surface area (Å²) in [6.45, 7) is 3.05. The summed E-state index contributed by atoms with van der Waals surface area (Å²) in [6, 6.07) is 8.20. The van der Waals surface area contributed by atoms with Gasteiger partial charge >= 0.3 is 18.0 Å². The van der Waals surface area contributed by atoms with Crippen molar-refractivity contribution < 1.29 is 19.1 Å². The van der Waals surface area contributed by atoms with E-state index in [1.807, 2.05) is 24.3 Å². The maximum absolute atomic E-state index is 13.0. The number of oxazole rings is 1. The van der Waals surface area contributed by atoms with Gasteiger partial charge in [-0.25, -0.2) is 9.69 Å². The molecule has 0 radical (unpaired) electrons. The van der Waals surface area contributed by atoms with Gasteiger partial charge in [-0.05, 0) is 30.5 Å². The number of aromatic nitrogens is 1. The van der Waals surface area contributed by atoms with Crippen molar-refractivity contribution in [1.82, 2.24) is 9.88 Å². The Hall–Kier alpha value is -2.87. The standard InChI is InChI=1S/C23H28N4O4/c28-21(29)18-13-25(14-18)12-16-6-8-19(9-7-16)26-10-11-27(23(26)30)22-24-20(15-31-22)17-4-2-1-3-5-17/h6-9,15,17-18H,1-5,10-14H2,(H,28,29). The zero-order chi connectivity index (χ0) is 21.4. The Morgan fingerprint density at radius 1 is 1.06 bits per heavy atom. The average Bonchev–Trinajstić information content (AvgIpc) is 3.38. The number of carbonyl (C=O) groups excluding carboxylic acids is 1. The fourth-order valence-electron chi connectivity index (χ4n) is 4.83. The SMILES string of the molecule is O=C(O)C1CN(Cc2ccc(N3CCN(c4nc(C5CCCCC5)co4)C3=O)cc2)C1. The number of rotatable bonds is 6. The quantitative estimate of drug-likeness (QED) is 0.761. The van der Waals surface area contributed by atoms with Crippen LogP contribution in [0.4, 0.5) is 16.5 Å². The Morgan fingerprint density at radius 2 is 1.77 bits per heavy atom. The predicted molar refractivity (Wildman–Crippen MR) is 115 cm³/mol. The van der Waals surface area contributed by atoms with Gasteiger partial charge in [0.1, 0.15) is 6.26 Å². The summed E-state index contributed by atoms with van der Waals surface area (Å²) in [5.74, 6) is -0.522. The van der Waals surface area contributed by atoms with Gasteiger partial charge in [0.05, 0.1) is 18.2 Å². The lowest BCUT2D eigenvalue weighted by molar-refractivity contribution is -0.147. The topological polar surface area (TPSA) is 90.1 Å². The van der Waals surface area contributed by atoms with Crippen molar-refractivity contribution >= 4 is 23.7 Å². The van der Waals surface area contributed by atoms with E-state index in [2.05, 4.69) is 9.88 Å². The van der Waals surface area contributed by atoms with E-state index in [0.717, 1.165) is 36.3 Å². The first-order valence-corrected chi connectivity index (χ1v) is 11.2. The number of urea groups is 1. The monoisotopic (exact) mass is 424 g/mol. The van der Waals surface area contributed by atoms with E-state index in [0.29, 0.717) is 38.1 Å². The number of aliphatic carboxylic acids is 1. The number of amides is 2. The van der Waals surface area contributed by atoms with Gasteiger partial charge in [0.2, 0.25) is 0 Å². The highest BCUT2D eigenvalue weighted by Gasteiger charge is 2.35. The van der Waals surface area contributed by atoms with Crippen LogP contribution in [-0.2, 0) is 11.3 Å². The lowest BCUT2D eigenvalue weighted by Gasteiger charge is -2.36. The first-order chi connectivity index (χ1) is 15.1. The zero-order valence-corrected chi connectivity index (χ0v) is 17.6. The van der Waals surface area contributed by atoms with E-state index in [4.69, 9.17) is 9.52 Å². The third kappa shape index (κ3) is 4.04. The van der Waals surface area contributed by atoms with E-state index in [1.54, 1.807) is 16.1 Å². The lowest BCUT2D eigenvalue weighted by Crippen LogP contribution is -2.49. The lowest BCUT2D eigenvalue weighted by atomic mass is 9.87. The predicted octanol–water partition coefficient (Wildman–Crippen LogP) is 3.69. The smallest absolute Gasteiger partial charge is 0.332 e. The number of anilines is 2. The van der Waals surface area contributed by atoms with E-state index >= 15 is 0 Å². The molecule has 2 aromatic rings. The van der Waals surface area contributed by atoms with Gasteiger partial charge in [0.25, 0.3) is 0 Å². The van der Waals surface area contributed by atoms with Crippen LogP contribution in [0.15, 0.2) is 34.9 Å². The van der Waals surface area contributed by atoms with Crippen molar-refractivity contribution in [1.29, 1.82) is 0 Å². The number of nitrogens with zero attached hydrogens (tertiary/aromatic N) is 4. The first kappa shape index (κ1) is 20.1. The molecule has 0 spiro atoms. The highest BCUT2D eigenvalue weighted by molar-refractivity contribution is 6.04. The highest BCUT2D eigenvalue weighted by atomic mass is 16.4. The van der Waals surface area contributed by atoms with Gasteiger partial charge in [-0.1, -0.05) is 31.4 Å². The first-order valence-electron chi connectivity index (χ1n) is 11.2. The molecule has 3 fully saturated rings. The van der Waals surface area contributed by atoms with Gasteiger partial charge in [-0.2, -0.15) is 4.98 Å².